The van der Waals surface area contributed by atoms with Crippen molar-refractivity contribution in [2.45, 2.75) is 13.5 Å². The van der Waals surface area contributed by atoms with Gasteiger partial charge >= 0.3 is 0 Å². The van der Waals surface area contributed by atoms with Crippen molar-refractivity contribution in [3.63, 3.8) is 0 Å². The van der Waals surface area contributed by atoms with Crippen molar-refractivity contribution < 1.29 is 9.50 Å². The van der Waals surface area contributed by atoms with Gasteiger partial charge in [-0.1, -0.05) is 0 Å². The zero-order valence-corrected chi connectivity index (χ0v) is 15.4. The Morgan fingerprint density at radius 3 is 2.32 bits per heavy atom. The van der Waals surface area contributed by atoms with Gasteiger partial charge in [0.2, 0.25) is 0 Å². The normalized spacial score (nSPS) is 11.0. The molecule has 0 fully saturated rings. The zero-order valence-electron chi connectivity index (χ0n) is 15.4. The van der Waals surface area contributed by atoms with Crippen LogP contribution in [0.4, 0.5) is 4.39 Å². The number of aliphatic hydroxyl groups is 1. The number of hydrogen-bond donors (Lipinski definition) is 1. The minimum Gasteiger partial charge on any atom is -0.394 e. The van der Waals surface area contributed by atoms with Gasteiger partial charge in [0.1, 0.15) is 11.5 Å². The summed E-state index contributed by atoms with van der Waals surface area (Å²) in [4.78, 5) is 8.41. The predicted molar refractivity (Wildman–Crippen MR) is 106 cm³/mol. The van der Waals surface area contributed by atoms with Gasteiger partial charge in [0.25, 0.3) is 0 Å². The van der Waals surface area contributed by atoms with E-state index >= 15 is 0 Å². The molecule has 0 bridgehead atoms. The Bertz CT molecular complexity index is 1090. The molecule has 0 radical (unpaired) electrons. The second-order valence-electron chi connectivity index (χ2n) is 6.45. The maximum atomic E-state index is 13.5. The van der Waals surface area contributed by atoms with Crippen molar-refractivity contribution >= 4 is 0 Å². The van der Waals surface area contributed by atoms with Gasteiger partial charge in [0, 0.05) is 41.0 Å². The smallest absolute Gasteiger partial charge is 0.123 e. The van der Waals surface area contributed by atoms with Gasteiger partial charge in [-0.3, -0.25) is 14.6 Å². The summed E-state index contributed by atoms with van der Waals surface area (Å²) in [5, 5.41) is 14.4. The van der Waals surface area contributed by atoms with Gasteiger partial charge in [-0.05, 0) is 61.0 Å². The molecule has 0 atom stereocenters. The van der Waals surface area contributed by atoms with E-state index in [1.807, 2.05) is 31.2 Å². The number of halogens is 1. The van der Waals surface area contributed by atoms with Crippen LogP contribution >= 0.6 is 0 Å². The second-order valence-corrected chi connectivity index (χ2v) is 6.45. The lowest BCUT2D eigenvalue weighted by Crippen LogP contribution is -2.06. The van der Waals surface area contributed by atoms with E-state index in [2.05, 4.69) is 9.97 Å². The Morgan fingerprint density at radius 1 is 0.929 bits per heavy atom. The summed E-state index contributed by atoms with van der Waals surface area (Å²) in [6.45, 7) is 2.23. The van der Waals surface area contributed by atoms with Crippen LogP contribution in [0.2, 0.25) is 0 Å². The number of rotatable bonds is 5. The Morgan fingerprint density at radius 2 is 1.64 bits per heavy atom. The number of aryl methyl sites for hydroxylation is 1. The molecule has 0 unspecified atom stereocenters. The molecule has 0 saturated carbocycles. The molecular weight excluding hydrogens is 355 g/mol. The summed E-state index contributed by atoms with van der Waals surface area (Å²) in [5.74, 6) is -0.297. The molecule has 0 aliphatic heterocycles. The van der Waals surface area contributed by atoms with Gasteiger partial charge in [0.15, 0.2) is 0 Å². The molecule has 6 heteroatoms. The van der Waals surface area contributed by atoms with E-state index in [9.17, 15) is 9.50 Å². The molecule has 5 nitrogen and oxygen atoms in total. The summed E-state index contributed by atoms with van der Waals surface area (Å²) >= 11 is 0. The maximum Gasteiger partial charge on any atom is 0.123 e. The molecule has 0 spiro atoms. The molecule has 0 aliphatic carbocycles. The topological polar surface area (TPSA) is 63.8 Å². The lowest BCUT2D eigenvalue weighted by Gasteiger charge is -2.10. The minimum absolute atomic E-state index is 0.0443. The van der Waals surface area contributed by atoms with Crippen molar-refractivity contribution in [1.82, 2.24) is 19.7 Å². The van der Waals surface area contributed by atoms with Crippen LogP contribution < -0.4 is 0 Å². The molecule has 3 aromatic heterocycles. The van der Waals surface area contributed by atoms with Crippen LogP contribution in [0.15, 0.2) is 67.1 Å². The van der Waals surface area contributed by atoms with Crippen molar-refractivity contribution in [3.05, 3.63) is 78.6 Å². The number of hydrogen-bond acceptors (Lipinski definition) is 4. The maximum absolute atomic E-state index is 13.5. The standard InChI is InChI=1S/C22H19FN4O/c1-15-14-18(8-11-25-15)22-20(16-6-9-24-10-7-16)21(26-27(22)12-13-28)17-2-4-19(23)5-3-17/h2-11,14,28H,12-13H2,1H3. The summed E-state index contributed by atoms with van der Waals surface area (Å²) in [7, 11) is 0. The number of nitrogens with zero attached hydrogens (tertiary/aromatic N) is 4. The summed E-state index contributed by atoms with van der Waals surface area (Å²) in [6.07, 6.45) is 5.22. The number of pyridine rings is 2. The van der Waals surface area contributed by atoms with Crippen molar-refractivity contribution in [2.24, 2.45) is 0 Å². The molecule has 0 amide bonds. The molecule has 0 aliphatic rings. The Labute approximate surface area is 162 Å². The Balaban J connectivity index is 2.04. The molecule has 0 saturated heterocycles. The minimum atomic E-state index is -0.297. The monoisotopic (exact) mass is 374 g/mol. The van der Waals surface area contributed by atoms with Crippen LogP contribution in [0.3, 0.4) is 0 Å². The molecule has 1 aromatic carbocycles. The van der Waals surface area contributed by atoms with Gasteiger partial charge in [0.05, 0.1) is 18.8 Å². The Kier molecular flexibility index (Phi) is 4.95. The van der Waals surface area contributed by atoms with Crippen LogP contribution in [0, 0.1) is 12.7 Å². The molecule has 4 aromatic rings. The third-order valence-corrected chi connectivity index (χ3v) is 4.52. The molecule has 3 heterocycles. The average molecular weight is 374 g/mol. The fourth-order valence-electron chi connectivity index (χ4n) is 3.31. The first-order valence-corrected chi connectivity index (χ1v) is 8.98. The van der Waals surface area contributed by atoms with E-state index in [0.29, 0.717) is 6.54 Å². The molecule has 1 N–H and O–H groups in total. The number of benzene rings is 1. The van der Waals surface area contributed by atoms with E-state index in [-0.39, 0.29) is 12.4 Å². The van der Waals surface area contributed by atoms with Crippen molar-refractivity contribution in [1.29, 1.82) is 0 Å². The molecular formula is C22H19FN4O. The highest BCUT2D eigenvalue weighted by molar-refractivity contribution is 5.91. The van der Waals surface area contributed by atoms with Crippen LogP contribution in [0.5, 0.6) is 0 Å². The van der Waals surface area contributed by atoms with Crippen LogP contribution in [0.1, 0.15) is 5.69 Å². The van der Waals surface area contributed by atoms with Crippen LogP contribution in [-0.4, -0.2) is 31.5 Å². The first-order valence-electron chi connectivity index (χ1n) is 8.98. The van der Waals surface area contributed by atoms with E-state index in [1.54, 1.807) is 35.4 Å². The van der Waals surface area contributed by atoms with E-state index < -0.39 is 0 Å². The molecule has 140 valence electrons. The first kappa shape index (κ1) is 18.0. The summed E-state index contributed by atoms with van der Waals surface area (Å²) in [6, 6.07) is 14.0. The van der Waals surface area contributed by atoms with Gasteiger partial charge in [-0.25, -0.2) is 4.39 Å². The van der Waals surface area contributed by atoms with Gasteiger partial charge in [-0.2, -0.15) is 5.10 Å². The second kappa shape index (κ2) is 7.70. The highest BCUT2D eigenvalue weighted by atomic mass is 19.1. The average Bonchev–Trinajstić information content (AvgIpc) is 3.09. The predicted octanol–water partition coefficient (Wildman–Crippen LogP) is 4.11. The van der Waals surface area contributed by atoms with Gasteiger partial charge < -0.3 is 5.11 Å². The molecule has 28 heavy (non-hydrogen) atoms. The first-order chi connectivity index (χ1) is 13.7. The van der Waals surface area contributed by atoms with E-state index in [4.69, 9.17) is 5.10 Å². The SMILES string of the molecule is Cc1cc(-c2c(-c3ccncc3)c(-c3ccc(F)cc3)nn2CCO)ccn1. The van der Waals surface area contributed by atoms with E-state index in [0.717, 1.165) is 39.3 Å². The number of aromatic nitrogens is 4. The lowest BCUT2D eigenvalue weighted by molar-refractivity contribution is 0.270. The highest BCUT2D eigenvalue weighted by Crippen LogP contribution is 2.39. The van der Waals surface area contributed by atoms with Crippen LogP contribution in [-0.2, 0) is 6.54 Å². The number of aliphatic hydroxyl groups excluding tert-OH is 1. The largest absolute Gasteiger partial charge is 0.394 e. The fraction of sp³-hybridized carbons (Fsp3) is 0.136. The Hall–Kier alpha value is -3.38. The van der Waals surface area contributed by atoms with E-state index in [1.165, 1.54) is 12.1 Å². The molecule has 4 rings (SSSR count). The zero-order chi connectivity index (χ0) is 19.5. The summed E-state index contributed by atoms with van der Waals surface area (Å²) in [5.41, 5.74) is 6.11. The third kappa shape index (κ3) is 3.42. The van der Waals surface area contributed by atoms with Gasteiger partial charge in [-0.15, -0.1) is 0 Å². The van der Waals surface area contributed by atoms with Crippen molar-refractivity contribution in [3.8, 4) is 33.6 Å². The lowest BCUT2D eigenvalue weighted by atomic mass is 9.96. The third-order valence-electron chi connectivity index (χ3n) is 4.52. The quantitative estimate of drug-likeness (QED) is 0.571. The fourth-order valence-corrected chi connectivity index (χ4v) is 3.31. The summed E-state index contributed by atoms with van der Waals surface area (Å²) < 4.78 is 15.3. The highest BCUT2D eigenvalue weighted by Gasteiger charge is 2.22. The van der Waals surface area contributed by atoms with Crippen LogP contribution in [0.25, 0.3) is 33.6 Å². The van der Waals surface area contributed by atoms with Crippen molar-refractivity contribution in [2.75, 3.05) is 6.61 Å².